The summed E-state index contributed by atoms with van der Waals surface area (Å²) in [6.45, 7) is 3.86. The fourth-order valence-electron chi connectivity index (χ4n) is 2.63. The summed E-state index contributed by atoms with van der Waals surface area (Å²) < 4.78 is 1.70. The zero-order chi connectivity index (χ0) is 14.7. The number of halogens is 1. The van der Waals surface area contributed by atoms with Gasteiger partial charge in [-0.1, -0.05) is 0 Å². The normalized spacial score (nSPS) is 17.6. The Morgan fingerprint density at radius 2 is 2.32 bits per heavy atom. The Hall–Kier alpha value is -1.92. The first-order chi connectivity index (χ1) is 10.2. The van der Waals surface area contributed by atoms with Crippen molar-refractivity contribution in [3.05, 3.63) is 42.0 Å². The number of amides is 1. The molecule has 0 radical (unpaired) electrons. The summed E-state index contributed by atoms with van der Waals surface area (Å²) in [7, 11) is 0. The molecule has 1 aromatic heterocycles. The van der Waals surface area contributed by atoms with Crippen LogP contribution in [-0.2, 0) is 0 Å². The second kappa shape index (κ2) is 7.38. The minimum absolute atomic E-state index is 0. The molecule has 0 saturated carbocycles. The first-order valence-electron chi connectivity index (χ1n) is 7.21. The van der Waals surface area contributed by atoms with Crippen LogP contribution < -0.4 is 10.6 Å². The molecule has 0 unspecified atom stereocenters. The zero-order valence-electron chi connectivity index (χ0n) is 12.5. The van der Waals surface area contributed by atoms with Gasteiger partial charge in [-0.25, -0.2) is 9.67 Å². The molecule has 1 atom stereocenters. The molecule has 3 rings (SSSR count). The standard InChI is InChI=1S/C15H19N5O.ClH/c1-11-7-12(4-5-14(11)20-10-17-9-18-20)15(21)19-13-3-2-6-16-8-13;/h4-5,7,9-10,13,16H,2-3,6,8H2,1H3,(H,19,21);1H/t13-;/m0./s1. The summed E-state index contributed by atoms with van der Waals surface area (Å²) in [6, 6.07) is 5.84. The lowest BCUT2D eigenvalue weighted by Gasteiger charge is -2.23. The number of benzene rings is 1. The van der Waals surface area contributed by atoms with Crippen LogP contribution in [0.2, 0.25) is 0 Å². The van der Waals surface area contributed by atoms with Crippen molar-refractivity contribution >= 4 is 18.3 Å². The number of hydrogen-bond acceptors (Lipinski definition) is 4. The number of carbonyl (C=O) groups excluding carboxylic acids is 1. The van der Waals surface area contributed by atoms with Crippen molar-refractivity contribution in [3.8, 4) is 5.69 Å². The molecule has 1 aliphatic heterocycles. The summed E-state index contributed by atoms with van der Waals surface area (Å²) in [4.78, 5) is 16.2. The van der Waals surface area contributed by atoms with E-state index >= 15 is 0 Å². The molecule has 2 N–H and O–H groups in total. The number of aromatic nitrogens is 3. The third kappa shape index (κ3) is 3.64. The largest absolute Gasteiger partial charge is 0.348 e. The van der Waals surface area contributed by atoms with E-state index in [0.717, 1.165) is 37.2 Å². The van der Waals surface area contributed by atoms with Crippen LogP contribution in [0.15, 0.2) is 30.9 Å². The van der Waals surface area contributed by atoms with Gasteiger partial charge in [-0.05, 0) is 50.1 Å². The minimum atomic E-state index is -0.0167. The number of piperidine rings is 1. The lowest BCUT2D eigenvalue weighted by atomic mass is 10.1. The van der Waals surface area contributed by atoms with Crippen molar-refractivity contribution in [2.75, 3.05) is 13.1 Å². The Bertz CT molecular complexity index is 623. The molecule has 1 amide bonds. The fraction of sp³-hybridized carbons (Fsp3) is 0.400. The van der Waals surface area contributed by atoms with Crippen LogP contribution in [0.4, 0.5) is 0 Å². The topological polar surface area (TPSA) is 71.8 Å². The molecular weight excluding hydrogens is 302 g/mol. The van der Waals surface area contributed by atoms with Crippen LogP contribution in [0.3, 0.4) is 0 Å². The minimum Gasteiger partial charge on any atom is -0.348 e. The molecular formula is C15H20ClN5O. The van der Waals surface area contributed by atoms with E-state index in [2.05, 4.69) is 20.7 Å². The number of aryl methyl sites for hydroxylation is 1. The van der Waals surface area contributed by atoms with Crippen molar-refractivity contribution < 1.29 is 4.79 Å². The zero-order valence-corrected chi connectivity index (χ0v) is 13.3. The number of carbonyl (C=O) groups is 1. The van der Waals surface area contributed by atoms with E-state index < -0.39 is 0 Å². The Labute approximate surface area is 135 Å². The highest BCUT2D eigenvalue weighted by Crippen LogP contribution is 2.15. The van der Waals surface area contributed by atoms with E-state index in [1.54, 1.807) is 11.0 Å². The molecule has 2 aromatic rings. The Kier molecular flexibility index (Phi) is 5.51. The lowest BCUT2D eigenvalue weighted by Crippen LogP contribution is -2.45. The average Bonchev–Trinajstić information content (AvgIpc) is 3.02. The first kappa shape index (κ1) is 16.5. The van der Waals surface area contributed by atoms with Crippen LogP contribution in [0.5, 0.6) is 0 Å². The number of nitrogens with zero attached hydrogens (tertiary/aromatic N) is 3. The van der Waals surface area contributed by atoms with Crippen LogP contribution in [0.25, 0.3) is 5.69 Å². The van der Waals surface area contributed by atoms with Gasteiger partial charge in [-0.3, -0.25) is 4.79 Å². The lowest BCUT2D eigenvalue weighted by molar-refractivity contribution is 0.0930. The molecule has 2 heterocycles. The van der Waals surface area contributed by atoms with Gasteiger partial charge in [0.25, 0.3) is 5.91 Å². The smallest absolute Gasteiger partial charge is 0.251 e. The molecule has 1 aliphatic rings. The molecule has 1 aromatic carbocycles. The summed E-state index contributed by atoms with van der Waals surface area (Å²) >= 11 is 0. The molecule has 0 aliphatic carbocycles. The Balaban J connectivity index is 0.00000176. The highest BCUT2D eigenvalue weighted by atomic mass is 35.5. The molecule has 7 heteroatoms. The quantitative estimate of drug-likeness (QED) is 0.898. The van der Waals surface area contributed by atoms with Crippen molar-refractivity contribution in [2.24, 2.45) is 0 Å². The Morgan fingerprint density at radius 3 is 2.95 bits per heavy atom. The van der Waals surface area contributed by atoms with Crippen molar-refractivity contribution in [1.82, 2.24) is 25.4 Å². The molecule has 1 fully saturated rings. The van der Waals surface area contributed by atoms with Gasteiger partial charge in [0, 0.05) is 18.2 Å². The highest BCUT2D eigenvalue weighted by molar-refractivity contribution is 5.94. The van der Waals surface area contributed by atoms with Gasteiger partial charge in [0.2, 0.25) is 0 Å². The summed E-state index contributed by atoms with van der Waals surface area (Å²) in [5.41, 5.74) is 2.61. The van der Waals surface area contributed by atoms with E-state index in [-0.39, 0.29) is 24.4 Å². The maximum Gasteiger partial charge on any atom is 0.251 e. The molecule has 0 bridgehead atoms. The van der Waals surface area contributed by atoms with E-state index in [9.17, 15) is 4.79 Å². The van der Waals surface area contributed by atoms with Crippen LogP contribution >= 0.6 is 12.4 Å². The van der Waals surface area contributed by atoms with Crippen molar-refractivity contribution in [1.29, 1.82) is 0 Å². The molecule has 22 heavy (non-hydrogen) atoms. The van der Waals surface area contributed by atoms with Gasteiger partial charge in [0.15, 0.2) is 0 Å². The summed E-state index contributed by atoms with van der Waals surface area (Å²) in [6.07, 6.45) is 5.29. The van der Waals surface area contributed by atoms with Gasteiger partial charge in [0.05, 0.1) is 5.69 Å². The van der Waals surface area contributed by atoms with Crippen molar-refractivity contribution in [2.45, 2.75) is 25.8 Å². The molecule has 6 nitrogen and oxygen atoms in total. The number of hydrogen-bond donors (Lipinski definition) is 2. The van der Waals surface area contributed by atoms with E-state index in [1.165, 1.54) is 6.33 Å². The van der Waals surface area contributed by atoms with Crippen LogP contribution in [-0.4, -0.2) is 39.8 Å². The van der Waals surface area contributed by atoms with E-state index in [0.29, 0.717) is 5.56 Å². The predicted octanol–water partition coefficient (Wildman–Crippen LogP) is 1.48. The van der Waals surface area contributed by atoms with E-state index in [4.69, 9.17) is 0 Å². The number of rotatable bonds is 3. The van der Waals surface area contributed by atoms with Crippen LogP contribution in [0, 0.1) is 6.92 Å². The summed E-state index contributed by atoms with van der Waals surface area (Å²) in [5, 5.41) is 10.5. The maximum atomic E-state index is 12.3. The van der Waals surface area contributed by atoms with Crippen molar-refractivity contribution in [3.63, 3.8) is 0 Å². The predicted molar refractivity (Wildman–Crippen MR) is 86.7 cm³/mol. The van der Waals surface area contributed by atoms with Gasteiger partial charge in [0.1, 0.15) is 12.7 Å². The fourth-order valence-corrected chi connectivity index (χ4v) is 2.63. The van der Waals surface area contributed by atoms with Gasteiger partial charge in [-0.2, -0.15) is 5.10 Å². The van der Waals surface area contributed by atoms with Gasteiger partial charge in [-0.15, -0.1) is 12.4 Å². The molecule has 118 valence electrons. The third-order valence-electron chi connectivity index (χ3n) is 3.76. The molecule has 0 spiro atoms. The molecule has 1 saturated heterocycles. The third-order valence-corrected chi connectivity index (χ3v) is 3.76. The SMILES string of the molecule is Cc1cc(C(=O)N[C@H]2CCCNC2)ccc1-n1cncn1.Cl. The van der Waals surface area contributed by atoms with Crippen LogP contribution in [0.1, 0.15) is 28.8 Å². The van der Waals surface area contributed by atoms with Gasteiger partial charge < -0.3 is 10.6 Å². The Morgan fingerprint density at radius 1 is 1.45 bits per heavy atom. The summed E-state index contributed by atoms with van der Waals surface area (Å²) in [5.74, 6) is -0.0167. The second-order valence-corrected chi connectivity index (χ2v) is 5.36. The monoisotopic (exact) mass is 321 g/mol. The second-order valence-electron chi connectivity index (χ2n) is 5.36. The van der Waals surface area contributed by atoms with E-state index in [1.807, 2.05) is 25.1 Å². The highest BCUT2D eigenvalue weighted by Gasteiger charge is 2.16. The first-order valence-corrected chi connectivity index (χ1v) is 7.21. The average molecular weight is 322 g/mol. The number of nitrogens with one attached hydrogen (secondary N) is 2. The van der Waals surface area contributed by atoms with Gasteiger partial charge >= 0.3 is 0 Å². The maximum absolute atomic E-state index is 12.3.